The number of nitrogens with two attached hydrogens (primary N) is 2. The molecule has 1 fully saturated rings. The van der Waals surface area contributed by atoms with Crippen LogP contribution in [0.5, 0.6) is 0 Å². The maximum atomic E-state index is 6.03. The summed E-state index contributed by atoms with van der Waals surface area (Å²) in [6, 6.07) is 7.87. The number of likely N-dealkylation sites (tertiary alicyclic amines) is 1. The molecule has 1 aromatic heterocycles. The fourth-order valence-corrected chi connectivity index (χ4v) is 2.91. The van der Waals surface area contributed by atoms with Gasteiger partial charge < -0.3 is 11.5 Å². The number of hydrogen-bond donors (Lipinski definition) is 2. The molecule has 5 nitrogen and oxygen atoms in total. The zero-order valence-corrected chi connectivity index (χ0v) is 12.9. The Morgan fingerprint density at radius 3 is 2.86 bits per heavy atom. The third-order valence-electron chi connectivity index (χ3n) is 3.98. The highest BCUT2D eigenvalue weighted by atomic mass is 35.5. The van der Waals surface area contributed by atoms with Gasteiger partial charge in [0.1, 0.15) is 11.6 Å². The molecule has 0 spiro atoms. The molecule has 1 aliphatic heterocycles. The highest BCUT2D eigenvalue weighted by molar-refractivity contribution is 5.87. The predicted octanol–water partition coefficient (Wildman–Crippen LogP) is 1.80. The molecular weight excluding hydrogens is 286 g/mol. The summed E-state index contributed by atoms with van der Waals surface area (Å²) in [5.41, 5.74) is 12.7. The lowest BCUT2D eigenvalue weighted by Crippen LogP contribution is -2.38. The number of hydrogen-bond acceptors (Lipinski definition) is 5. The molecule has 1 aliphatic rings. The van der Waals surface area contributed by atoms with Crippen molar-refractivity contribution < 1.29 is 0 Å². The summed E-state index contributed by atoms with van der Waals surface area (Å²) >= 11 is 0. The smallest absolute Gasteiger partial charge is 0.145 e. The van der Waals surface area contributed by atoms with Crippen LogP contribution in [-0.4, -0.2) is 34.5 Å². The molecule has 2 heterocycles. The lowest BCUT2D eigenvalue weighted by molar-refractivity contribution is 0.167. The van der Waals surface area contributed by atoms with Gasteiger partial charge in [0, 0.05) is 11.9 Å². The molecule has 4 N–H and O–H groups in total. The summed E-state index contributed by atoms with van der Waals surface area (Å²) in [6.07, 6.45) is 2.43. The van der Waals surface area contributed by atoms with Gasteiger partial charge in [-0.2, -0.15) is 0 Å². The van der Waals surface area contributed by atoms with Crippen LogP contribution in [0.25, 0.3) is 10.9 Å². The SMILES string of the molecule is Cl.NCC1CCCN(Cc2nc(N)c3ccccc3n2)C1. The lowest BCUT2D eigenvalue weighted by atomic mass is 9.98. The highest BCUT2D eigenvalue weighted by Gasteiger charge is 2.19. The first kappa shape index (κ1) is 15.9. The quantitative estimate of drug-likeness (QED) is 0.904. The molecule has 1 unspecified atom stereocenters. The summed E-state index contributed by atoms with van der Waals surface area (Å²) in [5, 5.41) is 0.926. The number of nitrogen functional groups attached to an aromatic ring is 1. The molecular formula is C15H22ClN5. The Bertz CT molecular complexity index is 604. The van der Waals surface area contributed by atoms with E-state index in [9.17, 15) is 0 Å². The standard InChI is InChI=1S/C15H21N5.ClH/c16-8-11-4-3-7-20(9-11)10-14-18-13-6-2-1-5-12(13)15(17)19-14;/h1-2,5-6,11H,3-4,7-10,16H2,(H2,17,18,19);1H. The fourth-order valence-electron chi connectivity index (χ4n) is 2.91. The average Bonchev–Trinajstić information content (AvgIpc) is 2.47. The van der Waals surface area contributed by atoms with Crippen LogP contribution < -0.4 is 11.5 Å². The Kier molecular flexibility index (Phi) is 5.33. The molecule has 0 aliphatic carbocycles. The van der Waals surface area contributed by atoms with Gasteiger partial charge in [0.25, 0.3) is 0 Å². The first-order valence-electron chi connectivity index (χ1n) is 7.20. The van der Waals surface area contributed by atoms with E-state index in [1.165, 1.54) is 12.8 Å². The van der Waals surface area contributed by atoms with Crippen molar-refractivity contribution in [3.8, 4) is 0 Å². The van der Waals surface area contributed by atoms with E-state index >= 15 is 0 Å². The third kappa shape index (κ3) is 3.61. The highest BCUT2D eigenvalue weighted by Crippen LogP contribution is 2.20. The van der Waals surface area contributed by atoms with E-state index in [1.807, 2.05) is 24.3 Å². The van der Waals surface area contributed by atoms with Crippen molar-refractivity contribution in [3.63, 3.8) is 0 Å². The molecule has 2 aromatic rings. The second-order valence-electron chi connectivity index (χ2n) is 5.52. The van der Waals surface area contributed by atoms with Crippen molar-refractivity contribution in [2.24, 2.45) is 11.7 Å². The van der Waals surface area contributed by atoms with Gasteiger partial charge in [-0.25, -0.2) is 9.97 Å². The predicted molar refractivity (Wildman–Crippen MR) is 88.3 cm³/mol. The first-order valence-corrected chi connectivity index (χ1v) is 7.20. The van der Waals surface area contributed by atoms with Crippen LogP contribution in [0.3, 0.4) is 0 Å². The summed E-state index contributed by atoms with van der Waals surface area (Å²) in [4.78, 5) is 11.4. The minimum atomic E-state index is 0. The number of fused-ring (bicyclic) bond motifs is 1. The molecule has 1 atom stereocenters. The Balaban J connectivity index is 0.00000161. The number of para-hydroxylation sites is 1. The molecule has 3 rings (SSSR count). The van der Waals surface area contributed by atoms with E-state index < -0.39 is 0 Å². The summed E-state index contributed by atoms with van der Waals surface area (Å²) in [6.45, 7) is 3.64. The molecule has 0 radical (unpaired) electrons. The summed E-state index contributed by atoms with van der Waals surface area (Å²) < 4.78 is 0. The van der Waals surface area contributed by atoms with Crippen LogP contribution in [-0.2, 0) is 6.54 Å². The van der Waals surface area contributed by atoms with Crippen LogP contribution in [0.1, 0.15) is 18.7 Å². The van der Waals surface area contributed by atoms with Gasteiger partial charge in [-0.15, -0.1) is 12.4 Å². The molecule has 21 heavy (non-hydrogen) atoms. The Morgan fingerprint density at radius 2 is 2.05 bits per heavy atom. The number of rotatable bonds is 3. The Morgan fingerprint density at radius 1 is 1.24 bits per heavy atom. The Labute approximate surface area is 131 Å². The minimum absolute atomic E-state index is 0. The maximum absolute atomic E-state index is 6.03. The number of nitrogens with zero attached hydrogens (tertiary/aromatic N) is 3. The van der Waals surface area contributed by atoms with Gasteiger partial charge in [-0.1, -0.05) is 12.1 Å². The van der Waals surface area contributed by atoms with E-state index in [4.69, 9.17) is 11.5 Å². The third-order valence-corrected chi connectivity index (χ3v) is 3.98. The van der Waals surface area contributed by atoms with Crippen molar-refractivity contribution in [2.75, 3.05) is 25.4 Å². The molecule has 1 aromatic carbocycles. The molecule has 0 amide bonds. The summed E-state index contributed by atoms with van der Waals surface area (Å²) in [7, 11) is 0. The van der Waals surface area contributed by atoms with E-state index in [0.717, 1.165) is 42.9 Å². The van der Waals surface area contributed by atoms with Crippen molar-refractivity contribution >= 4 is 29.1 Å². The van der Waals surface area contributed by atoms with Gasteiger partial charge in [0.05, 0.1) is 12.1 Å². The lowest BCUT2D eigenvalue weighted by Gasteiger charge is -2.31. The van der Waals surface area contributed by atoms with Crippen LogP contribution in [0, 0.1) is 5.92 Å². The van der Waals surface area contributed by atoms with Crippen LogP contribution in [0.2, 0.25) is 0 Å². The van der Waals surface area contributed by atoms with E-state index in [1.54, 1.807) is 0 Å². The van der Waals surface area contributed by atoms with Crippen LogP contribution >= 0.6 is 12.4 Å². The van der Waals surface area contributed by atoms with E-state index in [2.05, 4.69) is 14.9 Å². The zero-order valence-electron chi connectivity index (χ0n) is 12.0. The van der Waals surface area contributed by atoms with Gasteiger partial charge in [-0.05, 0) is 44.0 Å². The molecule has 1 saturated heterocycles. The minimum Gasteiger partial charge on any atom is -0.383 e. The Hall–Kier alpha value is -1.43. The van der Waals surface area contributed by atoms with Gasteiger partial charge in [0.2, 0.25) is 0 Å². The largest absolute Gasteiger partial charge is 0.383 e. The van der Waals surface area contributed by atoms with Crippen LogP contribution in [0.15, 0.2) is 24.3 Å². The summed E-state index contributed by atoms with van der Waals surface area (Å²) in [5.74, 6) is 1.97. The fraction of sp³-hybridized carbons (Fsp3) is 0.467. The molecule has 114 valence electrons. The van der Waals surface area contributed by atoms with Gasteiger partial charge in [0.15, 0.2) is 0 Å². The average molecular weight is 308 g/mol. The number of anilines is 1. The number of aromatic nitrogens is 2. The molecule has 0 saturated carbocycles. The van der Waals surface area contributed by atoms with Crippen LogP contribution in [0.4, 0.5) is 5.82 Å². The van der Waals surface area contributed by atoms with Gasteiger partial charge in [-0.3, -0.25) is 4.90 Å². The molecule has 0 bridgehead atoms. The van der Waals surface area contributed by atoms with Crippen molar-refractivity contribution in [1.82, 2.24) is 14.9 Å². The van der Waals surface area contributed by atoms with Crippen molar-refractivity contribution in [1.29, 1.82) is 0 Å². The van der Waals surface area contributed by atoms with Crippen molar-refractivity contribution in [2.45, 2.75) is 19.4 Å². The monoisotopic (exact) mass is 307 g/mol. The number of benzene rings is 1. The zero-order chi connectivity index (χ0) is 13.9. The van der Waals surface area contributed by atoms with E-state index in [-0.39, 0.29) is 12.4 Å². The van der Waals surface area contributed by atoms with Crippen molar-refractivity contribution in [3.05, 3.63) is 30.1 Å². The topological polar surface area (TPSA) is 81.1 Å². The molecule has 6 heteroatoms. The van der Waals surface area contributed by atoms with E-state index in [0.29, 0.717) is 11.7 Å². The number of piperidine rings is 1. The first-order chi connectivity index (χ1) is 9.76. The second kappa shape index (κ2) is 7.02. The second-order valence-corrected chi connectivity index (χ2v) is 5.52. The normalized spacial score (nSPS) is 19.4. The number of halogens is 1. The maximum Gasteiger partial charge on any atom is 0.145 e. The van der Waals surface area contributed by atoms with Gasteiger partial charge >= 0.3 is 0 Å².